The maximum atomic E-state index is 12.1. The van der Waals surface area contributed by atoms with Crippen LogP contribution in [0.1, 0.15) is 5.56 Å². The highest BCUT2D eigenvalue weighted by atomic mass is 35.5. The molecule has 1 aromatic heterocycles. The van der Waals surface area contributed by atoms with E-state index in [2.05, 4.69) is 5.32 Å². The molecule has 1 N–H and O–H groups in total. The Morgan fingerprint density at radius 2 is 2.12 bits per heavy atom. The number of nitrogens with one attached hydrogen (secondary N) is 1. The zero-order valence-electron chi connectivity index (χ0n) is 9.86. The lowest BCUT2D eigenvalue weighted by Gasteiger charge is -2.15. The van der Waals surface area contributed by atoms with Gasteiger partial charge in [0.1, 0.15) is 4.21 Å². The fourth-order valence-corrected chi connectivity index (χ4v) is 4.19. The standard InChI is InChI=1S/C9H15ClN2O2S2.ClH/c1-7-6-8(15-9(7)10)16(13,14)12(3)5-4-11-2;/h6,11H,4-5H2,1-3H3;1H. The van der Waals surface area contributed by atoms with Gasteiger partial charge in [-0.3, -0.25) is 0 Å². The maximum Gasteiger partial charge on any atom is 0.252 e. The maximum absolute atomic E-state index is 12.1. The third kappa shape index (κ3) is 4.08. The number of thiophene rings is 1. The van der Waals surface area contributed by atoms with Crippen molar-refractivity contribution in [3.05, 3.63) is 16.0 Å². The van der Waals surface area contributed by atoms with Crippen molar-refractivity contribution in [2.24, 2.45) is 0 Å². The SMILES string of the molecule is CNCCN(C)S(=O)(=O)c1cc(C)c(Cl)s1.Cl. The summed E-state index contributed by atoms with van der Waals surface area (Å²) in [6.07, 6.45) is 0. The first-order valence-corrected chi connectivity index (χ1v) is 7.40. The predicted octanol–water partition coefficient (Wildman–Crippen LogP) is 1.97. The topological polar surface area (TPSA) is 49.4 Å². The number of hydrogen-bond acceptors (Lipinski definition) is 4. The average Bonchev–Trinajstić information content (AvgIpc) is 2.56. The first-order valence-electron chi connectivity index (χ1n) is 4.76. The minimum absolute atomic E-state index is 0. The molecular weight excluding hydrogens is 303 g/mol. The molecule has 8 heteroatoms. The zero-order valence-corrected chi connectivity index (χ0v) is 13.1. The first kappa shape index (κ1) is 17.2. The monoisotopic (exact) mass is 318 g/mol. The number of aryl methyl sites for hydroxylation is 1. The molecule has 0 unspecified atom stereocenters. The second kappa shape index (κ2) is 6.92. The highest BCUT2D eigenvalue weighted by Crippen LogP contribution is 2.31. The molecule has 0 atom stereocenters. The second-order valence-corrected chi connectivity index (χ2v) is 7.38. The number of rotatable bonds is 5. The fraction of sp³-hybridized carbons (Fsp3) is 0.556. The van der Waals surface area contributed by atoms with Crippen molar-refractivity contribution < 1.29 is 8.42 Å². The van der Waals surface area contributed by atoms with Gasteiger partial charge in [-0.2, -0.15) is 4.31 Å². The lowest BCUT2D eigenvalue weighted by atomic mass is 10.4. The lowest BCUT2D eigenvalue weighted by molar-refractivity contribution is 0.467. The molecule has 0 saturated carbocycles. The van der Waals surface area contributed by atoms with Crippen LogP contribution in [0.25, 0.3) is 0 Å². The number of sulfonamides is 1. The van der Waals surface area contributed by atoms with Crippen molar-refractivity contribution in [3.8, 4) is 0 Å². The summed E-state index contributed by atoms with van der Waals surface area (Å²) >= 11 is 6.97. The van der Waals surface area contributed by atoms with Crippen molar-refractivity contribution in [2.45, 2.75) is 11.1 Å². The molecule has 0 aliphatic carbocycles. The summed E-state index contributed by atoms with van der Waals surface area (Å²) in [5.74, 6) is 0. The van der Waals surface area contributed by atoms with E-state index < -0.39 is 10.0 Å². The third-order valence-corrected chi connectivity index (χ3v) is 6.04. The van der Waals surface area contributed by atoms with Gasteiger partial charge in [-0.15, -0.1) is 23.7 Å². The molecule has 1 aromatic rings. The molecule has 100 valence electrons. The Labute approximate surface area is 117 Å². The van der Waals surface area contributed by atoms with E-state index >= 15 is 0 Å². The van der Waals surface area contributed by atoms with Crippen molar-refractivity contribution in [2.75, 3.05) is 27.2 Å². The Morgan fingerprint density at radius 3 is 2.53 bits per heavy atom. The zero-order chi connectivity index (χ0) is 12.3. The molecule has 17 heavy (non-hydrogen) atoms. The van der Waals surface area contributed by atoms with Gasteiger partial charge >= 0.3 is 0 Å². The van der Waals surface area contributed by atoms with E-state index in [4.69, 9.17) is 11.6 Å². The van der Waals surface area contributed by atoms with Crippen LogP contribution in [-0.4, -0.2) is 39.9 Å². The van der Waals surface area contributed by atoms with Crippen LogP contribution < -0.4 is 5.32 Å². The normalized spacial score (nSPS) is 11.6. The summed E-state index contributed by atoms with van der Waals surface area (Å²) in [6, 6.07) is 1.61. The number of halogens is 2. The Bertz CT molecular complexity index is 440. The van der Waals surface area contributed by atoms with Crippen molar-refractivity contribution in [1.82, 2.24) is 9.62 Å². The van der Waals surface area contributed by atoms with Crippen molar-refractivity contribution >= 4 is 45.4 Å². The minimum atomic E-state index is -3.39. The van der Waals surface area contributed by atoms with Gasteiger partial charge in [0.2, 0.25) is 0 Å². The van der Waals surface area contributed by atoms with Crippen LogP contribution in [0.3, 0.4) is 0 Å². The van der Waals surface area contributed by atoms with Crippen LogP contribution >= 0.6 is 35.3 Å². The van der Waals surface area contributed by atoms with Crippen LogP contribution in [0.5, 0.6) is 0 Å². The smallest absolute Gasteiger partial charge is 0.252 e. The van der Waals surface area contributed by atoms with Crippen molar-refractivity contribution in [1.29, 1.82) is 0 Å². The summed E-state index contributed by atoms with van der Waals surface area (Å²) in [4.78, 5) is 0. The lowest BCUT2D eigenvalue weighted by Crippen LogP contribution is -2.32. The van der Waals surface area contributed by atoms with E-state index in [1.807, 2.05) is 0 Å². The average molecular weight is 319 g/mol. The molecular formula is C9H16Cl2N2O2S2. The molecule has 0 spiro atoms. The highest BCUT2D eigenvalue weighted by molar-refractivity contribution is 7.91. The fourth-order valence-electron chi connectivity index (χ4n) is 1.10. The van der Waals surface area contributed by atoms with E-state index in [-0.39, 0.29) is 12.4 Å². The van der Waals surface area contributed by atoms with Gasteiger partial charge in [0.25, 0.3) is 10.0 Å². The Hall–Kier alpha value is 0.150. The van der Waals surface area contributed by atoms with Crippen LogP contribution in [0.2, 0.25) is 4.34 Å². The molecule has 0 saturated heterocycles. The molecule has 0 bridgehead atoms. The van der Waals surface area contributed by atoms with Gasteiger partial charge in [-0.1, -0.05) is 11.6 Å². The summed E-state index contributed by atoms with van der Waals surface area (Å²) in [6.45, 7) is 2.85. The molecule has 0 fully saturated rings. The predicted molar refractivity (Wildman–Crippen MR) is 75.1 cm³/mol. The summed E-state index contributed by atoms with van der Waals surface area (Å²) in [7, 11) is -0.0360. The summed E-state index contributed by atoms with van der Waals surface area (Å²) < 4.78 is 26.3. The van der Waals surface area contributed by atoms with Crippen LogP contribution in [0.4, 0.5) is 0 Å². The first-order chi connectivity index (χ1) is 7.39. The number of likely N-dealkylation sites (N-methyl/N-ethyl adjacent to an activating group) is 2. The van der Waals surface area contributed by atoms with Gasteiger partial charge < -0.3 is 5.32 Å². The summed E-state index contributed by atoms with van der Waals surface area (Å²) in [5.41, 5.74) is 0.798. The molecule has 4 nitrogen and oxygen atoms in total. The second-order valence-electron chi connectivity index (χ2n) is 3.45. The van der Waals surface area contributed by atoms with E-state index in [1.165, 1.54) is 4.31 Å². The van der Waals surface area contributed by atoms with Gasteiger partial charge in [-0.25, -0.2) is 8.42 Å². The molecule has 0 aliphatic rings. The van der Waals surface area contributed by atoms with Crippen LogP contribution in [-0.2, 0) is 10.0 Å². The number of nitrogens with zero attached hydrogens (tertiary/aromatic N) is 1. The third-order valence-electron chi connectivity index (χ3n) is 2.18. The summed E-state index contributed by atoms with van der Waals surface area (Å²) in [5, 5.41) is 2.91. The largest absolute Gasteiger partial charge is 0.318 e. The molecule has 1 rings (SSSR count). The Balaban J connectivity index is 0.00000256. The van der Waals surface area contributed by atoms with Gasteiger partial charge in [0.05, 0.1) is 4.34 Å². The molecule has 0 aromatic carbocycles. The van der Waals surface area contributed by atoms with Crippen molar-refractivity contribution in [3.63, 3.8) is 0 Å². The van der Waals surface area contributed by atoms with Crippen LogP contribution in [0.15, 0.2) is 10.3 Å². The van der Waals surface area contributed by atoms with Gasteiger partial charge in [0, 0.05) is 20.1 Å². The highest BCUT2D eigenvalue weighted by Gasteiger charge is 2.23. The van der Waals surface area contributed by atoms with E-state index in [9.17, 15) is 8.42 Å². The quantitative estimate of drug-likeness (QED) is 0.903. The van der Waals surface area contributed by atoms with Crippen LogP contribution in [0, 0.1) is 6.92 Å². The molecule has 0 amide bonds. The molecule has 0 aliphatic heterocycles. The number of hydrogen-bond donors (Lipinski definition) is 1. The molecule has 0 radical (unpaired) electrons. The Morgan fingerprint density at radius 1 is 1.53 bits per heavy atom. The van der Waals surface area contributed by atoms with Gasteiger partial charge in [0.15, 0.2) is 0 Å². The minimum Gasteiger partial charge on any atom is -0.318 e. The van der Waals surface area contributed by atoms with E-state index in [0.717, 1.165) is 16.9 Å². The van der Waals surface area contributed by atoms with E-state index in [0.29, 0.717) is 21.6 Å². The van der Waals surface area contributed by atoms with E-state index in [1.54, 1.807) is 27.1 Å². The van der Waals surface area contributed by atoms with Gasteiger partial charge in [-0.05, 0) is 25.6 Å². The Kier molecular flexibility index (Phi) is 6.98. The molecule has 1 heterocycles.